The number of rotatable bonds is 3. The zero-order chi connectivity index (χ0) is 21.2. The van der Waals surface area contributed by atoms with Crippen molar-refractivity contribution in [2.45, 2.75) is 64.0 Å². The van der Waals surface area contributed by atoms with E-state index >= 15 is 0 Å². The van der Waals surface area contributed by atoms with Crippen LogP contribution in [0.15, 0.2) is 0 Å². The molecule has 4 rings (SSSR count). The molecule has 0 aromatic carbocycles. The van der Waals surface area contributed by atoms with Crippen molar-refractivity contribution in [3.63, 3.8) is 0 Å². The van der Waals surface area contributed by atoms with Crippen LogP contribution in [0.25, 0.3) is 0 Å². The van der Waals surface area contributed by atoms with Gasteiger partial charge in [-0.3, -0.25) is 9.69 Å². The summed E-state index contributed by atoms with van der Waals surface area (Å²) in [5.41, 5.74) is -0.977. The van der Waals surface area contributed by atoms with Gasteiger partial charge in [0, 0.05) is 25.4 Å². The lowest BCUT2D eigenvalue weighted by molar-refractivity contribution is -0.134. The number of carbonyl (C=O) groups is 2. The Balaban J connectivity index is 0.00000117. The first-order valence-corrected chi connectivity index (χ1v) is 11.5. The Kier molecular flexibility index (Phi) is 6.69. The van der Waals surface area contributed by atoms with Crippen LogP contribution in [0.4, 0.5) is 4.79 Å². The van der Waals surface area contributed by atoms with Gasteiger partial charge in [0.1, 0.15) is 12.1 Å². The lowest BCUT2D eigenvalue weighted by atomic mass is 9.74. The molecule has 2 aliphatic carbocycles. The van der Waals surface area contributed by atoms with Crippen LogP contribution in [0.3, 0.4) is 0 Å². The molecule has 2 saturated carbocycles. The molecule has 2 heterocycles. The van der Waals surface area contributed by atoms with Crippen LogP contribution in [-0.2, 0) is 13.7 Å². The minimum absolute atomic E-state index is 0.0453. The van der Waals surface area contributed by atoms with Crippen LogP contribution in [0.1, 0.15) is 52.9 Å². The third-order valence-electron chi connectivity index (χ3n) is 6.70. The van der Waals surface area contributed by atoms with E-state index in [4.69, 9.17) is 14.2 Å². The molecule has 7 nitrogen and oxygen atoms in total. The highest BCUT2D eigenvalue weighted by Gasteiger charge is 2.61. The molecule has 162 valence electrons. The molecule has 2 saturated heterocycles. The molecular weight excluding hydrogens is 390 g/mol. The molecular formula is C21H33N3O4S. The summed E-state index contributed by atoms with van der Waals surface area (Å²) in [6.07, 6.45) is 5.04. The van der Waals surface area contributed by atoms with Crippen LogP contribution < -0.4 is 0 Å². The quantitative estimate of drug-likeness (QED) is 0.647. The zero-order valence-electron chi connectivity index (χ0n) is 17.8. The molecule has 2 amide bonds. The van der Waals surface area contributed by atoms with Crippen molar-refractivity contribution in [3.05, 3.63) is 0 Å². The Morgan fingerprint density at radius 3 is 2.59 bits per heavy atom. The van der Waals surface area contributed by atoms with Gasteiger partial charge in [-0.2, -0.15) is 0 Å². The first-order valence-electron chi connectivity index (χ1n) is 10.6. The van der Waals surface area contributed by atoms with Gasteiger partial charge in [-0.25, -0.2) is 10.1 Å². The maximum absolute atomic E-state index is 13.3. The standard InChI is InChI=1S/C20H32N2O4S.CHN/c1-19(2,3)26-18(24)22(11-17(23)21-6-4-5-7-21)20-10-14-8-15(16(20)9-14)12-27-25-13-20;1-2/h14-16H,4-13H2,1-3H3;1H. The third-order valence-corrected chi connectivity index (χ3v) is 7.55. The van der Waals surface area contributed by atoms with E-state index in [2.05, 4.69) is 6.57 Å². The molecule has 2 bridgehead atoms. The molecule has 2 aliphatic heterocycles. The fourth-order valence-corrected chi connectivity index (χ4v) is 6.58. The minimum atomic E-state index is -0.583. The summed E-state index contributed by atoms with van der Waals surface area (Å²) in [6, 6.07) is 0. The first kappa shape index (κ1) is 22.2. The fourth-order valence-electron chi connectivity index (χ4n) is 5.66. The Morgan fingerprint density at radius 2 is 1.97 bits per heavy atom. The maximum Gasteiger partial charge on any atom is 0.411 e. The van der Waals surface area contributed by atoms with E-state index in [9.17, 15) is 9.59 Å². The lowest BCUT2D eigenvalue weighted by Crippen LogP contribution is -2.61. The summed E-state index contributed by atoms with van der Waals surface area (Å²) in [5, 5.41) is 6.50. The average Bonchev–Trinajstić information content (AvgIpc) is 3.39. The van der Waals surface area contributed by atoms with Crippen molar-refractivity contribution in [2.24, 2.45) is 17.8 Å². The molecule has 0 aromatic rings. The van der Waals surface area contributed by atoms with Crippen LogP contribution in [0.5, 0.6) is 0 Å². The van der Waals surface area contributed by atoms with Gasteiger partial charge in [0.25, 0.3) is 0 Å². The van der Waals surface area contributed by atoms with Crippen LogP contribution in [0, 0.1) is 29.6 Å². The van der Waals surface area contributed by atoms with E-state index in [0.29, 0.717) is 24.4 Å². The molecule has 4 aliphatic rings. The van der Waals surface area contributed by atoms with E-state index in [-0.39, 0.29) is 18.5 Å². The number of hydrogen-bond acceptors (Lipinski definition) is 6. The number of nitrogens with zero attached hydrogens (tertiary/aromatic N) is 3. The summed E-state index contributed by atoms with van der Waals surface area (Å²) in [5.74, 6) is 2.66. The van der Waals surface area contributed by atoms with Crippen molar-refractivity contribution in [2.75, 3.05) is 32.0 Å². The van der Waals surface area contributed by atoms with Gasteiger partial charge >= 0.3 is 6.09 Å². The molecule has 4 fully saturated rings. The second kappa shape index (κ2) is 8.73. The van der Waals surface area contributed by atoms with E-state index in [1.54, 1.807) is 4.90 Å². The average molecular weight is 424 g/mol. The van der Waals surface area contributed by atoms with E-state index in [1.165, 1.54) is 18.5 Å². The van der Waals surface area contributed by atoms with Gasteiger partial charge in [0.05, 0.1) is 12.1 Å². The summed E-state index contributed by atoms with van der Waals surface area (Å²) < 4.78 is 11.7. The second-order valence-corrected chi connectivity index (χ2v) is 10.5. The number of fused-ring (bicyclic) bond motifs is 1. The Morgan fingerprint density at radius 1 is 1.28 bits per heavy atom. The maximum atomic E-state index is 13.3. The van der Waals surface area contributed by atoms with E-state index < -0.39 is 11.1 Å². The van der Waals surface area contributed by atoms with Crippen molar-refractivity contribution in [3.8, 4) is 6.57 Å². The normalized spacial score (nSPS) is 32.9. The number of ether oxygens (including phenoxy) is 1. The second-order valence-electron chi connectivity index (χ2n) is 9.71. The number of amides is 2. The Bertz CT molecular complexity index is 644. The van der Waals surface area contributed by atoms with Gasteiger partial charge in [-0.1, -0.05) is 0 Å². The predicted molar refractivity (Wildman–Crippen MR) is 111 cm³/mol. The Hall–Kier alpha value is -1.46. The number of hydrogen-bond donors (Lipinski definition) is 0. The highest BCUT2D eigenvalue weighted by atomic mass is 32.2. The predicted octanol–water partition coefficient (Wildman–Crippen LogP) is 3.45. The van der Waals surface area contributed by atoms with Gasteiger partial charge in [-0.15, -0.1) is 0 Å². The molecule has 29 heavy (non-hydrogen) atoms. The molecule has 4 unspecified atom stereocenters. The largest absolute Gasteiger partial charge is 0.444 e. The highest BCUT2D eigenvalue weighted by Crippen LogP contribution is 2.59. The molecule has 0 N–H and O–H groups in total. The summed E-state index contributed by atoms with van der Waals surface area (Å²) in [7, 11) is 0. The van der Waals surface area contributed by atoms with Crippen molar-refractivity contribution < 1.29 is 18.5 Å². The summed E-state index contributed by atoms with van der Waals surface area (Å²) in [4.78, 5) is 29.9. The van der Waals surface area contributed by atoms with Crippen LogP contribution in [0.2, 0.25) is 0 Å². The highest BCUT2D eigenvalue weighted by molar-refractivity contribution is 7.94. The lowest BCUT2D eigenvalue weighted by Gasteiger charge is -2.47. The van der Waals surface area contributed by atoms with Gasteiger partial charge in [0.2, 0.25) is 5.91 Å². The van der Waals surface area contributed by atoms with Crippen molar-refractivity contribution in [1.29, 1.82) is 5.26 Å². The SMILES string of the molecule is C#N.CC(C)(C)OC(=O)N(CC(=O)N1CCCC1)C12COSCC3CC(CC31)C2. The molecule has 0 spiro atoms. The van der Waals surface area contributed by atoms with Gasteiger partial charge in [-0.05, 0) is 82.7 Å². The molecule has 0 aromatic heterocycles. The zero-order valence-corrected chi connectivity index (χ0v) is 18.6. The van der Waals surface area contributed by atoms with E-state index in [1.807, 2.05) is 25.7 Å². The first-order chi connectivity index (χ1) is 13.8. The summed E-state index contributed by atoms with van der Waals surface area (Å²) >= 11 is 1.53. The van der Waals surface area contributed by atoms with Gasteiger partial charge < -0.3 is 13.8 Å². The molecule has 8 heteroatoms. The summed E-state index contributed by atoms with van der Waals surface area (Å²) in [6.45, 7) is 11.4. The molecule has 0 radical (unpaired) electrons. The van der Waals surface area contributed by atoms with Crippen LogP contribution in [-0.4, -0.2) is 64.9 Å². The molecule has 4 atom stereocenters. The Labute approximate surface area is 178 Å². The number of carbonyl (C=O) groups excluding carboxylic acids is 2. The minimum Gasteiger partial charge on any atom is -0.444 e. The fraction of sp³-hybridized carbons (Fsp3) is 0.857. The van der Waals surface area contributed by atoms with Crippen molar-refractivity contribution in [1.82, 2.24) is 9.80 Å². The number of nitriles is 1. The topological polar surface area (TPSA) is 82.9 Å². The van der Waals surface area contributed by atoms with Crippen molar-refractivity contribution >= 4 is 24.0 Å². The van der Waals surface area contributed by atoms with E-state index in [0.717, 1.165) is 44.5 Å². The van der Waals surface area contributed by atoms with Crippen LogP contribution >= 0.6 is 12.0 Å². The monoisotopic (exact) mass is 423 g/mol. The smallest absolute Gasteiger partial charge is 0.411 e. The third kappa shape index (κ3) is 4.51. The number of likely N-dealkylation sites (tertiary alicyclic amines) is 1. The van der Waals surface area contributed by atoms with Gasteiger partial charge in [0.15, 0.2) is 0 Å².